The van der Waals surface area contributed by atoms with Crippen LogP contribution in [0.1, 0.15) is 20.7 Å². The van der Waals surface area contributed by atoms with Crippen molar-refractivity contribution in [2.24, 2.45) is 0 Å². The molecule has 0 aliphatic rings. The number of carboxylic acid groups (broad SMARTS) is 1. The first-order chi connectivity index (χ1) is 9.99. The van der Waals surface area contributed by atoms with E-state index in [1.807, 2.05) is 0 Å². The summed E-state index contributed by atoms with van der Waals surface area (Å²) in [6.07, 6.45) is 1.45. The number of hydrogen-bond acceptors (Lipinski definition) is 6. The molecule has 3 N–H and O–H groups in total. The molecule has 1 aromatic heterocycles. The number of benzene rings is 1. The van der Waals surface area contributed by atoms with Crippen molar-refractivity contribution in [1.82, 2.24) is 4.98 Å². The number of carbonyl (C=O) groups is 2. The van der Waals surface area contributed by atoms with Gasteiger partial charge in [-0.25, -0.2) is 9.78 Å². The van der Waals surface area contributed by atoms with Gasteiger partial charge in [0.25, 0.3) is 0 Å². The molecule has 21 heavy (non-hydrogen) atoms. The molecule has 0 atom stereocenters. The Morgan fingerprint density at radius 2 is 1.90 bits per heavy atom. The van der Waals surface area contributed by atoms with Crippen LogP contribution in [0.3, 0.4) is 0 Å². The molecular weight excluding hydrogens is 294 g/mol. The lowest BCUT2D eigenvalue weighted by atomic mass is 10.1. The number of pyridine rings is 1. The summed E-state index contributed by atoms with van der Waals surface area (Å²) >= 11 is 1.00. The van der Waals surface area contributed by atoms with Crippen LogP contribution < -0.4 is 0 Å². The molecule has 0 bridgehead atoms. The van der Waals surface area contributed by atoms with E-state index in [4.69, 9.17) is 5.11 Å². The predicted octanol–water partition coefficient (Wildman–Crippen LogP) is 2.17. The lowest BCUT2D eigenvalue weighted by Crippen LogP contribution is -2.05. The molecule has 0 amide bonds. The maximum atomic E-state index is 12.0. The molecule has 1 aromatic carbocycles. The van der Waals surface area contributed by atoms with Crippen molar-refractivity contribution >= 4 is 23.5 Å². The summed E-state index contributed by atoms with van der Waals surface area (Å²) in [5, 5.41) is 27.8. The summed E-state index contributed by atoms with van der Waals surface area (Å²) in [5.41, 5.74) is 0.259. The smallest absolute Gasteiger partial charge is 0.338 e. The molecule has 0 fully saturated rings. The Morgan fingerprint density at radius 3 is 2.57 bits per heavy atom. The van der Waals surface area contributed by atoms with Crippen molar-refractivity contribution in [3.05, 3.63) is 47.7 Å². The Bertz CT molecular complexity index is 702. The Morgan fingerprint density at radius 1 is 1.14 bits per heavy atom. The number of aromatic hydroxyl groups is 2. The van der Waals surface area contributed by atoms with E-state index < -0.39 is 5.97 Å². The highest BCUT2D eigenvalue weighted by molar-refractivity contribution is 8.00. The quantitative estimate of drug-likeness (QED) is 0.441. The van der Waals surface area contributed by atoms with E-state index in [-0.39, 0.29) is 39.2 Å². The Kier molecular flexibility index (Phi) is 4.44. The largest absolute Gasteiger partial charge is 0.504 e. The summed E-state index contributed by atoms with van der Waals surface area (Å²) in [7, 11) is 0. The number of hydrogen-bond donors (Lipinski definition) is 3. The average Bonchev–Trinajstić information content (AvgIpc) is 2.47. The second-order valence-corrected chi connectivity index (χ2v) is 5.04. The van der Waals surface area contributed by atoms with Crippen LogP contribution in [0.4, 0.5) is 0 Å². The van der Waals surface area contributed by atoms with Crippen LogP contribution in [0.15, 0.2) is 41.6 Å². The fourth-order valence-electron chi connectivity index (χ4n) is 1.58. The second kappa shape index (κ2) is 6.27. The highest BCUT2D eigenvalue weighted by atomic mass is 32.2. The van der Waals surface area contributed by atoms with E-state index in [0.29, 0.717) is 0 Å². The van der Waals surface area contributed by atoms with Crippen molar-refractivity contribution in [1.29, 1.82) is 0 Å². The summed E-state index contributed by atoms with van der Waals surface area (Å²) < 4.78 is 0. The molecule has 7 heteroatoms. The lowest BCUT2D eigenvalue weighted by molar-refractivity contribution is 0.0692. The van der Waals surface area contributed by atoms with E-state index >= 15 is 0 Å². The van der Waals surface area contributed by atoms with Crippen molar-refractivity contribution in [3.8, 4) is 11.5 Å². The molecule has 1 heterocycles. The number of aromatic nitrogens is 1. The Balaban J connectivity index is 2.11. The minimum Gasteiger partial charge on any atom is -0.504 e. The molecule has 0 aliphatic carbocycles. The van der Waals surface area contributed by atoms with Gasteiger partial charge >= 0.3 is 5.97 Å². The van der Waals surface area contributed by atoms with E-state index in [9.17, 15) is 19.8 Å². The average molecular weight is 305 g/mol. The van der Waals surface area contributed by atoms with Crippen molar-refractivity contribution < 1.29 is 24.9 Å². The van der Waals surface area contributed by atoms with E-state index in [1.165, 1.54) is 30.5 Å². The fraction of sp³-hybridized carbons (Fsp3) is 0.0714. The number of nitrogens with zero attached hydrogens (tertiary/aromatic N) is 1. The molecule has 2 rings (SSSR count). The molecule has 2 aromatic rings. The minimum absolute atomic E-state index is 0.0263. The number of phenols is 2. The van der Waals surface area contributed by atoms with Crippen LogP contribution in [0.25, 0.3) is 0 Å². The highest BCUT2D eigenvalue weighted by Gasteiger charge is 2.14. The molecule has 0 saturated carbocycles. The third-order valence-corrected chi connectivity index (χ3v) is 3.64. The molecule has 0 radical (unpaired) electrons. The summed E-state index contributed by atoms with van der Waals surface area (Å²) in [6, 6.07) is 6.68. The minimum atomic E-state index is -1.11. The standard InChI is InChI=1S/C14H11NO5S/c16-10-4-3-8(6-11(10)17)12(18)7-21-13-9(14(19)20)2-1-5-15-13/h1-6,16-17H,7H2,(H,19,20). The van der Waals surface area contributed by atoms with E-state index in [1.54, 1.807) is 0 Å². The van der Waals surface area contributed by atoms with Crippen molar-refractivity contribution in [2.45, 2.75) is 5.03 Å². The predicted molar refractivity (Wildman–Crippen MR) is 76.0 cm³/mol. The zero-order valence-corrected chi connectivity index (χ0v) is 11.5. The molecule has 0 unspecified atom stereocenters. The van der Waals surface area contributed by atoms with Crippen molar-refractivity contribution in [2.75, 3.05) is 5.75 Å². The molecule has 0 spiro atoms. The van der Waals surface area contributed by atoms with Gasteiger partial charge in [-0.05, 0) is 30.3 Å². The van der Waals surface area contributed by atoms with Gasteiger partial charge in [-0.3, -0.25) is 4.79 Å². The Labute approximate surface area is 124 Å². The van der Waals surface area contributed by atoms with Gasteiger partial charge in [0.15, 0.2) is 17.3 Å². The molecule has 108 valence electrons. The van der Waals surface area contributed by atoms with Crippen LogP contribution in [-0.2, 0) is 0 Å². The third kappa shape index (κ3) is 3.51. The van der Waals surface area contributed by atoms with Gasteiger partial charge in [0.05, 0.1) is 11.3 Å². The number of rotatable bonds is 5. The number of ketones is 1. The first kappa shape index (κ1) is 14.9. The second-order valence-electron chi connectivity index (χ2n) is 4.08. The number of carboxylic acids is 1. The van der Waals surface area contributed by atoms with E-state index in [2.05, 4.69) is 4.98 Å². The summed E-state index contributed by atoms with van der Waals surface area (Å²) in [6.45, 7) is 0. The number of Topliss-reactive ketones (excluding diaryl/α,β-unsaturated/α-hetero) is 1. The van der Waals surface area contributed by atoms with Crippen LogP contribution in [0.5, 0.6) is 11.5 Å². The van der Waals surface area contributed by atoms with Crippen LogP contribution in [0.2, 0.25) is 0 Å². The SMILES string of the molecule is O=C(CSc1ncccc1C(=O)O)c1ccc(O)c(O)c1. The fourth-order valence-corrected chi connectivity index (χ4v) is 2.46. The van der Waals surface area contributed by atoms with Gasteiger partial charge < -0.3 is 15.3 Å². The first-order valence-electron chi connectivity index (χ1n) is 5.85. The van der Waals surface area contributed by atoms with Crippen LogP contribution in [0, 0.1) is 0 Å². The van der Waals surface area contributed by atoms with Gasteiger partial charge in [-0.1, -0.05) is 11.8 Å². The number of phenolic OH excluding ortho intramolecular Hbond substituents is 2. The molecule has 0 saturated heterocycles. The lowest BCUT2D eigenvalue weighted by Gasteiger charge is -2.05. The molecular formula is C14H11NO5S. The normalized spacial score (nSPS) is 10.3. The summed E-state index contributed by atoms with van der Waals surface area (Å²) in [5.74, 6) is -2.13. The highest BCUT2D eigenvalue weighted by Crippen LogP contribution is 2.26. The maximum absolute atomic E-state index is 12.0. The number of aromatic carboxylic acids is 1. The van der Waals surface area contributed by atoms with Gasteiger partial charge in [-0.2, -0.15) is 0 Å². The van der Waals surface area contributed by atoms with Crippen molar-refractivity contribution in [3.63, 3.8) is 0 Å². The topological polar surface area (TPSA) is 108 Å². The van der Waals surface area contributed by atoms with Crippen LogP contribution >= 0.6 is 11.8 Å². The van der Waals surface area contributed by atoms with E-state index in [0.717, 1.165) is 17.8 Å². The monoisotopic (exact) mass is 305 g/mol. The number of carbonyl (C=O) groups excluding carboxylic acids is 1. The Hall–Kier alpha value is -2.54. The molecule has 6 nitrogen and oxygen atoms in total. The van der Waals surface area contributed by atoms with Crippen LogP contribution in [-0.4, -0.2) is 37.8 Å². The zero-order chi connectivity index (χ0) is 15.4. The maximum Gasteiger partial charge on any atom is 0.338 e. The zero-order valence-electron chi connectivity index (χ0n) is 10.7. The van der Waals surface area contributed by atoms with Gasteiger partial charge in [-0.15, -0.1) is 0 Å². The molecule has 0 aliphatic heterocycles. The third-order valence-electron chi connectivity index (χ3n) is 2.64. The number of thioether (sulfide) groups is 1. The van der Waals surface area contributed by atoms with Gasteiger partial charge in [0.1, 0.15) is 5.03 Å². The van der Waals surface area contributed by atoms with Gasteiger partial charge in [0, 0.05) is 11.8 Å². The van der Waals surface area contributed by atoms with Gasteiger partial charge in [0.2, 0.25) is 0 Å². The first-order valence-corrected chi connectivity index (χ1v) is 6.84. The summed E-state index contributed by atoms with van der Waals surface area (Å²) in [4.78, 5) is 26.9.